The fourth-order valence-corrected chi connectivity index (χ4v) is 2.35. The molecule has 0 aliphatic heterocycles. The topological polar surface area (TPSA) is 50.1 Å². The molecule has 0 radical (unpaired) electrons. The summed E-state index contributed by atoms with van der Waals surface area (Å²) in [6, 6.07) is 9.19. The van der Waals surface area contributed by atoms with E-state index in [0.29, 0.717) is 12.6 Å². The summed E-state index contributed by atoms with van der Waals surface area (Å²) in [5, 5.41) is 3.30. The van der Waals surface area contributed by atoms with Gasteiger partial charge in [0.25, 0.3) is 0 Å². The number of rotatable bonds is 7. The zero-order chi connectivity index (χ0) is 17.0. The smallest absolute Gasteiger partial charge is 0.0271 e. The van der Waals surface area contributed by atoms with Crippen LogP contribution in [0.25, 0.3) is 0 Å². The Balaban J connectivity index is 0.00000135. The van der Waals surface area contributed by atoms with Gasteiger partial charge < -0.3 is 11.1 Å². The molecule has 3 nitrogen and oxygen atoms in total. The van der Waals surface area contributed by atoms with Crippen LogP contribution < -0.4 is 15.8 Å². The van der Waals surface area contributed by atoms with Crippen LogP contribution in [-0.4, -0.2) is 25.7 Å². The van der Waals surface area contributed by atoms with E-state index in [-0.39, 0.29) is 5.41 Å². The minimum atomic E-state index is 0.218. The van der Waals surface area contributed by atoms with Gasteiger partial charge in [-0.1, -0.05) is 53.2 Å². The molecule has 0 bridgehead atoms. The van der Waals surface area contributed by atoms with Crippen LogP contribution in [0, 0.1) is 0 Å². The van der Waals surface area contributed by atoms with Crippen LogP contribution in [0.3, 0.4) is 0 Å². The van der Waals surface area contributed by atoms with Gasteiger partial charge in [-0.25, -0.2) is 0 Å². The molecule has 0 heterocycles. The van der Waals surface area contributed by atoms with Gasteiger partial charge in [0, 0.05) is 30.6 Å². The SMILES string of the molecule is CC(CNCCN)NSc1ccc(C(C)(C)C)cc1.CCC. The Morgan fingerprint density at radius 3 is 2.14 bits per heavy atom. The Labute approximate surface area is 142 Å². The standard InChI is InChI=1S/C15H27N3S.C3H8/c1-12(11-17-10-9-16)18-19-14-7-5-13(6-8-14)15(2,3)4;1-3-2/h5-8,12,17-18H,9-11,16H2,1-4H3;3H2,1-2H3. The second-order valence-electron chi connectivity index (χ2n) is 6.60. The van der Waals surface area contributed by atoms with Gasteiger partial charge in [0.2, 0.25) is 0 Å². The third-order valence-corrected chi connectivity index (χ3v) is 3.90. The third-order valence-electron chi connectivity index (χ3n) is 2.87. The van der Waals surface area contributed by atoms with E-state index >= 15 is 0 Å². The minimum Gasteiger partial charge on any atom is -0.329 e. The quantitative estimate of drug-likeness (QED) is 0.525. The van der Waals surface area contributed by atoms with Gasteiger partial charge in [0.15, 0.2) is 0 Å². The van der Waals surface area contributed by atoms with E-state index in [2.05, 4.69) is 75.8 Å². The molecule has 0 amide bonds. The average molecular weight is 326 g/mol. The lowest BCUT2D eigenvalue weighted by atomic mass is 9.87. The largest absolute Gasteiger partial charge is 0.329 e. The number of hydrogen-bond donors (Lipinski definition) is 3. The van der Waals surface area contributed by atoms with Crippen LogP contribution in [0.1, 0.15) is 53.5 Å². The Morgan fingerprint density at radius 2 is 1.68 bits per heavy atom. The zero-order valence-corrected chi connectivity index (χ0v) is 16.0. The molecule has 4 N–H and O–H groups in total. The average Bonchev–Trinajstić information content (AvgIpc) is 2.46. The molecule has 4 heteroatoms. The van der Waals surface area contributed by atoms with Gasteiger partial charge >= 0.3 is 0 Å². The van der Waals surface area contributed by atoms with Gasteiger partial charge in [-0.05, 0) is 42.0 Å². The lowest BCUT2D eigenvalue weighted by Gasteiger charge is -2.19. The highest BCUT2D eigenvalue weighted by Gasteiger charge is 2.12. The van der Waals surface area contributed by atoms with E-state index in [4.69, 9.17) is 5.73 Å². The summed E-state index contributed by atoms with van der Waals surface area (Å²) in [4.78, 5) is 1.25. The second-order valence-corrected chi connectivity index (χ2v) is 7.51. The van der Waals surface area contributed by atoms with Crippen LogP contribution in [0.2, 0.25) is 0 Å². The van der Waals surface area contributed by atoms with E-state index in [1.165, 1.54) is 16.9 Å². The molecule has 1 aromatic rings. The van der Waals surface area contributed by atoms with Gasteiger partial charge in [0.1, 0.15) is 0 Å². The molecule has 1 unspecified atom stereocenters. The predicted molar refractivity (Wildman–Crippen MR) is 101 cm³/mol. The van der Waals surface area contributed by atoms with Crippen LogP contribution in [0.15, 0.2) is 29.2 Å². The molecule has 0 fully saturated rings. The molecule has 0 saturated carbocycles. The third kappa shape index (κ3) is 10.2. The van der Waals surface area contributed by atoms with Crippen LogP contribution in [-0.2, 0) is 5.41 Å². The van der Waals surface area contributed by atoms with E-state index in [1.807, 2.05) is 0 Å². The summed E-state index contributed by atoms with van der Waals surface area (Å²) in [5.74, 6) is 0. The molecule has 0 aliphatic carbocycles. The van der Waals surface area contributed by atoms with Gasteiger partial charge in [-0.2, -0.15) is 0 Å². The molecule has 128 valence electrons. The van der Waals surface area contributed by atoms with Crippen molar-refractivity contribution < 1.29 is 0 Å². The molecular formula is C18H35N3S. The highest BCUT2D eigenvalue weighted by atomic mass is 32.2. The molecule has 1 aromatic carbocycles. The fraction of sp³-hybridized carbons (Fsp3) is 0.667. The number of hydrogen-bond acceptors (Lipinski definition) is 4. The van der Waals surface area contributed by atoms with E-state index in [1.54, 1.807) is 11.9 Å². The first kappa shape index (κ1) is 21.4. The van der Waals surface area contributed by atoms with Gasteiger partial charge in [-0.15, -0.1) is 0 Å². The number of benzene rings is 1. The summed E-state index contributed by atoms with van der Waals surface area (Å²) < 4.78 is 3.43. The first-order chi connectivity index (χ1) is 10.3. The number of nitrogens with one attached hydrogen (secondary N) is 2. The second kappa shape index (κ2) is 11.9. The number of nitrogens with two attached hydrogens (primary N) is 1. The van der Waals surface area contributed by atoms with E-state index in [0.717, 1.165) is 13.1 Å². The van der Waals surface area contributed by atoms with Crippen LogP contribution >= 0.6 is 11.9 Å². The van der Waals surface area contributed by atoms with Crippen molar-refractivity contribution in [1.29, 1.82) is 0 Å². The lowest BCUT2D eigenvalue weighted by molar-refractivity contribution is 0.588. The summed E-state index contributed by atoms with van der Waals surface area (Å²) in [7, 11) is 0. The molecule has 0 saturated heterocycles. The van der Waals surface area contributed by atoms with Crippen molar-refractivity contribution in [3.05, 3.63) is 29.8 Å². The highest BCUT2D eigenvalue weighted by Crippen LogP contribution is 2.24. The zero-order valence-electron chi connectivity index (χ0n) is 15.2. The van der Waals surface area contributed by atoms with E-state index in [9.17, 15) is 0 Å². The first-order valence-electron chi connectivity index (χ1n) is 8.28. The summed E-state index contributed by atoms with van der Waals surface area (Å²) in [6.07, 6.45) is 1.25. The summed E-state index contributed by atoms with van der Waals surface area (Å²) in [6.45, 7) is 15.6. The Morgan fingerprint density at radius 1 is 1.14 bits per heavy atom. The molecule has 0 aliphatic rings. The fourth-order valence-electron chi connectivity index (χ4n) is 1.65. The molecule has 1 atom stereocenters. The molecule has 0 aromatic heterocycles. The molecule has 0 spiro atoms. The molecule has 22 heavy (non-hydrogen) atoms. The van der Waals surface area contributed by atoms with Gasteiger partial charge in [0.05, 0.1) is 0 Å². The van der Waals surface area contributed by atoms with Crippen LogP contribution in [0.4, 0.5) is 0 Å². The maximum absolute atomic E-state index is 5.44. The van der Waals surface area contributed by atoms with Crippen molar-refractivity contribution in [2.75, 3.05) is 19.6 Å². The van der Waals surface area contributed by atoms with Crippen molar-refractivity contribution in [2.45, 2.75) is 64.3 Å². The van der Waals surface area contributed by atoms with Crippen molar-refractivity contribution in [3.63, 3.8) is 0 Å². The maximum atomic E-state index is 5.44. The Kier molecular flexibility index (Phi) is 11.6. The Bertz CT molecular complexity index is 371. The summed E-state index contributed by atoms with van der Waals surface area (Å²) >= 11 is 1.68. The molecule has 1 rings (SSSR count). The first-order valence-corrected chi connectivity index (χ1v) is 9.10. The van der Waals surface area contributed by atoms with Gasteiger partial charge in [-0.3, -0.25) is 4.72 Å². The maximum Gasteiger partial charge on any atom is 0.0271 e. The van der Waals surface area contributed by atoms with Crippen molar-refractivity contribution in [1.82, 2.24) is 10.0 Å². The monoisotopic (exact) mass is 325 g/mol. The molecular weight excluding hydrogens is 290 g/mol. The lowest BCUT2D eigenvalue weighted by Crippen LogP contribution is -2.35. The predicted octanol–water partition coefficient (Wildman–Crippen LogP) is 3.93. The highest BCUT2D eigenvalue weighted by molar-refractivity contribution is 7.97. The Hall–Kier alpha value is -0.550. The summed E-state index contributed by atoms with van der Waals surface area (Å²) in [5.41, 5.74) is 7.03. The van der Waals surface area contributed by atoms with E-state index < -0.39 is 0 Å². The van der Waals surface area contributed by atoms with Crippen LogP contribution in [0.5, 0.6) is 0 Å². The minimum absolute atomic E-state index is 0.218. The normalized spacial score (nSPS) is 12.5. The van der Waals surface area contributed by atoms with Crippen molar-refractivity contribution in [3.8, 4) is 0 Å². The van der Waals surface area contributed by atoms with Crippen molar-refractivity contribution in [2.24, 2.45) is 5.73 Å². The van der Waals surface area contributed by atoms with Crippen molar-refractivity contribution >= 4 is 11.9 Å².